The van der Waals surface area contributed by atoms with Gasteiger partial charge in [-0.2, -0.15) is 6.58 Å². The van der Waals surface area contributed by atoms with E-state index in [0.29, 0.717) is 0 Å². The molecule has 0 aliphatic carbocycles. The van der Waals surface area contributed by atoms with Crippen molar-refractivity contribution in [3.05, 3.63) is 10.8 Å². The largest absolute Gasteiger partial charge is 0.575 e. The van der Waals surface area contributed by atoms with Gasteiger partial charge in [-0.1, -0.05) is 0 Å². The topological polar surface area (TPSA) is 0 Å². The molecular weight excluding hydrogens is 128 g/mol. The monoisotopic (exact) mass is 130 g/mol. The lowest BCUT2D eigenvalue weighted by Gasteiger charge is -1.75. The van der Waals surface area contributed by atoms with Crippen molar-refractivity contribution in [1.82, 2.24) is 0 Å². The molecule has 0 heterocycles. The molecule has 0 aromatic carbocycles. The van der Waals surface area contributed by atoms with Crippen molar-refractivity contribution in [2.24, 2.45) is 0 Å². The molecule has 2 heteroatoms. The molecule has 0 atom stereocenters. The third-order valence-electron chi connectivity index (χ3n) is 0.109. The molecule has 0 aliphatic rings. The highest BCUT2D eigenvalue weighted by atomic mass is 79.9. The minimum Gasteiger partial charge on any atom is -0.575 e. The highest BCUT2D eigenvalue weighted by molar-refractivity contribution is 9.23. The minimum atomic E-state index is 0.000772. The van der Waals surface area contributed by atoms with Gasteiger partial charge >= 0.3 is 0 Å². The van der Waals surface area contributed by atoms with E-state index in [4.69, 9.17) is 0 Å². The summed E-state index contributed by atoms with van der Waals surface area (Å²) in [7, 11) is 0. The molecule has 0 aromatic heterocycles. The lowest BCUT2D eigenvalue weighted by Crippen LogP contribution is -1.53. The smallest absolute Gasteiger partial charge is 0.0489 e. The van der Waals surface area contributed by atoms with Crippen LogP contribution in [0.2, 0.25) is 0 Å². The molecule has 0 aliphatic heterocycles. The third kappa shape index (κ3) is 2.99. The number of hydrogen-bond donors (Lipinski definition) is 0. The average Bonchev–Trinajstić information content (AvgIpc) is 1.37. The summed E-state index contributed by atoms with van der Waals surface area (Å²) in [6.45, 7) is 3.49. The van der Waals surface area contributed by atoms with Crippen molar-refractivity contribution in [2.75, 3.05) is 0 Å². The van der Waals surface area contributed by atoms with Crippen LogP contribution in [0.1, 0.15) is 0 Å². The van der Waals surface area contributed by atoms with Gasteiger partial charge in [-0.3, -0.25) is 0 Å². The van der Waals surface area contributed by atoms with Crippen molar-refractivity contribution in [3.63, 3.8) is 0 Å². The fourth-order valence-electron chi connectivity index (χ4n) is 0. The van der Waals surface area contributed by atoms with E-state index in [1.807, 2.05) is 4.21 Å². The fourth-order valence-corrected chi connectivity index (χ4v) is 0. The average molecular weight is 131 g/mol. The maximum Gasteiger partial charge on any atom is 0.0489 e. The summed E-state index contributed by atoms with van der Waals surface area (Å²) in [4.78, 5) is 0. The molecule has 0 spiro atoms. The predicted octanol–water partition coefficient (Wildman–Crippen LogP) is 1.14. The second kappa shape index (κ2) is 3.99. The van der Waals surface area contributed by atoms with Gasteiger partial charge in [0.05, 0.1) is 0 Å². The van der Waals surface area contributed by atoms with Gasteiger partial charge in [0.25, 0.3) is 0 Å². The van der Waals surface area contributed by atoms with E-state index >= 15 is 0 Å². The van der Waals surface area contributed by atoms with Gasteiger partial charge in [0.2, 0.25) is 0 Å². The van der Waals surface area contributed by atoms with Crippen molar-refractivity contribution in [2.45, 2.75) is 0 Å². The van der Waals surface area contributed by atoms with Crippen molar-refractivity contribution >= 4 is 31.1 Å². The van der Waals surface area contributed by atoms with Crippen LogP contribution in [-0.2, 0) is 0 Å². The Morgan fingerprint density at radius 3 is 2.25 bits per heavy atom. The molecule has 0 aromatic rings. The van der Waals surface area contributed by atoms with E-state index in [1.165, 1.54) is 0 Å². The zero-order chi connectivity index (χ0) is 3.41. The Morgan fingerprint density at radius 2 is 2.25 bits per heavy atom. The molecule has 0 unspecified atom stereocenters. The molecule has 0 bridgehead atoms. The molecule has 0 N–H and O–H groups in total. The van der Waals surface area contributed by atoms with Crippen LogP contribution in [-0.4, -0.2) is 18.2 Å². The van der Waals surface area contributed by atoms with Gasteiger partial charge in [-0.05, 0) is 0 Å². The van der Waals surface area contributed by atoms with E-state index < -0.39 is 0 Å². The van der Waals surface area contributed by atoms with E-state index in [2.05, 4.69) is 19.5 Å². The van der Waals surface area contributed by atoms with Gasteiger partial charge in [-0.25, -0.2) is 0 Å². The first-order valence-corrected chi connectivity index (χ1v) is 5.80. The lowest BCUT2D eigenvalue weighted by molar-refractivity contribution is 2.62. The maximum absolute atomic E-state index is 3.49. The van der Waals surface area contributed by atoms with Crippen LogP contribution < -0.4 is 0 Å². The van der Waals surface area contributed by atoms with Crippen LogP contribution in [0.3, 0.4) is 0 Å². The van der Waals surface area contributed by atoms with Crippen LogP contribution in [0.15, 0.2) is 10.8 Å². The number of rotatable bonds is 1. The zero-order valence-electron chi connectivity index (χ0n) is 2.37. The summed E-state index contributed by atoms with van der Waals surface area (Å²) < 4.78 is 1.93. The summed E-state index contributed by atoms with van der Waals surface area (Å²) in [5, 5.41) is 0. The van der Waals surface area contributed by atoms with Crippen molar-refractivity contribution in [3.8, 4) is 0 Å². The van der Waals surface area contributed by atoms with Gasteiger partial charge in [0.15, 0.2) is 0 Å². The van der Waals surface area contributed by atoms with Crippen LogP contribution >= 0.6 is 12.9 Å². The Labute approximate surface area is 41.9 Å². The van der Waals surface area contributed by atoms with Gasteiger partial charge < -0.3 is 17.1 Å². The standard InChI is InChI=1S/C2H3.BrH.Mg/c1-2;;/h1H,2H2;1H;/p-1. The van der Waals surface area contributed by atoms with Crippen LogP contribution in [0.25, 0.3) is 0 Å². The molecule has 1 radical (unpaired) electrons. The van der Waals surface area contributed by atoms with Gasteiger partial charge in [-0.15, -0.1) is 0 Å². The summed E-state index contributed by atoms with van der Waals surface area (Å²) in [6, 6.07) is 0. The van der Waals surface area contributed by atoms with Crippen LogP contribution in [0.5, 0.6) is 0 Å². The highest BCUT2D eigenvalue weighted by Gasteiger charge is 1.31. The molecule has 0 rings (SSSR count). The summed E-state index contributed by atoms with van der Waals surface area (Å²) in [5.74, 6) is 0. The van der Waals surface area contributed by atoms with Crippen molar-refractivity contribution < 1.29 is 0 Å². The number of hydrogen-bond acceptors (Lipinski definition) is 0. The van der Waals surface area contributed by atoms with Gasteiger partial charge in [0, 0.05) is 18.2 Å². The molecule has 21 valence electrons. The second-order valence-electron chi connectivity index (χ2n) is 0.443. The zero-order valence-corrected chi connectivity index (χ0v) is 5.37. The lowest BCUT2D eigenvalue weighted by atomic mass is 11.3. The molecule has 0 saturated carbocycles. The Balaban J connectivity index is 2.30. The first kappa shape index (κ1) is 4.99. The van der Waals surface area contributed by atoms with E-state index in [9.17, 15) is 0 Å². The Morgan fingerprint density at radius 1 is 2.00 bits per heavy atom. The molecule has 0 nitrogen and oxygen atoms in total. The molecule has 0 saturated heterocycles. The van der Waals surface area contributed by atoms with Crippen molar-refractivity contribution in [1.29, 1.82) is 0 Å². The van der Waals surface area contributed by atoms with Crippen LogP contribution in [0, 0.1) is 0 Å². The Hall–Kier alpha value is 0.986. The Kier molecular flexibility index (Phi) is 4.97. The maximum atomic E-state index is 3.49. The molecular formula is C2H3BrMg-. The fraction of sp³-hybridized carbons (Fsp3) is 0. The molecule has 0 amide bonds. The molecule has 0 fully saturated rings. The van der Waals surface area contributed by atoms with E-state index in [0.717, 1.165) is 0 Å². The van der Waals surface area contributed by atoms with E-state index in [-0.39, 0.29) is 18.2 Å². The van der Waals surface area contributed by atoms with Gasteiger partial charge in [0.1, 0.15) is 0 Å². The predicted molar refractivity (Wildman–Crippen MR) is 24.9 cm³/mol. The van der Waals surface area contributed by atoms with E-state index in [1.54, 1.807) is 0 Å². The normalized spacial score (nSPS) is 5.25. The first-order chi connectivity index (χ1) is 1.91. The number of halogens is 1. The summed E-state index contributed by atoms with van der Waals surface area (Å²) >= 11 is 3.27. The summed E-state index contributed by atoms with van der Waals surface area (Å²) in [6.07, 6.45) is 0. The van der Waals surface area contributed by atoms with Crippen LogP contribution in [0.4, 0.5) is 0 Å². The minimum absolute atomic E-state index is 0.000772. The quantitative estimate of drug-likeness (QED) is 0.468. The highest BCUT2D eigenvalue weighted by Crippen LogP contribution is 1.67. The third-order valence-corrected chi connectivity index (χ3v) is 1.70. The first-order valence-electron chi connectivity index (χ1n) is 1.08. The Bertz CT molecular complexity index is 20.0. The SMILES string of the molecule is C=[CH][Mg-][Br]. The second-order valence-corrected chi connectivity index (χ2v) is 3.27. The molecule has 4 heavy (non-hydrogen) atoms. The summed E-state index contributed by atoms with van der Waals surface area (Å²) in [5.41, 5.74) is 0.